The van der Waals surface area contributed by atoms with E-state index in [9.17, 15) is 0 Å². The van der Waals surface area contributed by atoms with Crippen molar-refractivity contribution in [2.45, 2.75) is 20.8 Å². The standard InChI is InChI=1S/C19H24ClN3/c1-19(2,3)18-16-10-23(11-17(16)18)15-6-12(5-14(20)7-15)13-8-21-22(4)9-13/h5-9,16-18H,10-11H2,1-4H3. The number of aromatic nitrogens is 2. The molecular formula is C19H24ClN3. The second-order valence-electron chi connectivity index (χ2n) is 8.23. The summed E-state index contributed by atoms with van der Waals surface area (Å²) in [4.78, 5) is 2.50. The Morgan fingerprint density at radius 1 is 1.09 bits per heavy atom. The van der Waals surface area contributed by atoms with Crippen LogP contribution in [0.3, 0.4) is 0 Å². The van der Waals surface area contributed by atoms with E-state index in [1.807, 2.05) is 30.2 Å². The number of aryl methyl sites for hydroxylation is 1. The minimum atomic E-state index is 0.441. The molecule has 122 valence electrons. The van der Waals surface area contributed by atoms with E-state index in [2.05, 4.69) is 42.9 Å². The van der Waals surface area contributed by atoms with Crippen molar-refractivity contribution in [3.05, 3.63) is 35.6 Å². The molecular weight excluding hydrogens is 306 g/mol. The van der Waals surface area contributed by atoms with Crippen molar-refractivity contribution < 1.29 is 0 Å². The van der Waals surface area contributed by atoms with Crippen molar-refractivity contribution in [3.8, 4) is 11.1 Å². The first kappa shape index (κ1) is 15.1. The summed E-state index contributed by atoms with van der Waals surface area (Å²) in [7, 11) is 1.94. The van der Waals surface area contributed by atoms with Gasteiger partial charge in [-0.3, -0.25) is 4.68 Å². The molecule has 0 N–H and O–H groups in total. The maximum atomic E-state index is 6.38. The second-order valence-corrected chi connectivity index (χ2v) is 8.66. The fourth-order valence-corrected chi connectivity index (χ4v) is 4.74. The summed E-state index contributed by atoms with van der Waals surface area (Å²) in [5.41, 5.74) is 3.95. The van der Waals surface area contributed by atoms with Crippen LogP contribution in [0, 0.1) is 23.2 Å². The molecule has 1 saturated carbocycles. The maximum Gasteiger partial charge on any atom is 0.0568 e. The molecule has 1 aromatic carbocycles. The molecule has 1 saturated heterocycles. The Morgan fingerprint density at radius 2 is 1.78 bits per heavy atom. The van der Waals surface area contributed by atoms with Gasteiger partial charge < -0.3 is 4.90 Å². The molecule has 0 bridgehead atoms. The van der Waals surface area contributed by atoms with Gasteiger partial charge in [0.2, 0.25) is 0 Å². The van der Waals surface area contributed by atoms with Gasteiger partial charge in [-0.1, -0.05) is 32.4 Å². The minimum absolute atomic E-state index is 0.441. The van der Waals surface area contributed by atoms with Crippen molar-refractivity contribution in [2.75, 3.05) is 18.0 Å². The first-order chi connectivity index (χ1) is 10.8. The summed E-state index contributed by atoms with van der Waals surface area (Å²) >= 11 is 6.38. The van der Waals surface area contributed by atoms with E-state index in [1.54, 1.807) is 0 Å². The van der Waals surface area contributed by atoms with Gasteiger partial charge in [0, 0.05) is 42.6 Å². The number of piperidine rings is 1. The van der Waals surface area contributed by atoms with Gasteiger partial charge in [0.05, 0.1) is 6.20 Å². The van der Waals surface area contributed by atoms with Gasteiger partial charge in [0.1, 0.15) is 0 Å². The van der Waals surface area contributed by atoms with E-state index in [0.717, 1.165) is 33.9 Å². The molecule has 2 atom stereocenters. The van der Waals surface area contributed by atoms with Crippen LogP contribution in [0.4, 0.5) is 5.69 Å². The van der Waals surface area contributed by atoms with Crippen LogP contribution in [-0.4, -0.2) is 22.9 Å². The Labute approximate surface area is 143 Å². The highest BCUT2D eigenvalue weighted by Gasteiger charge is 2.59. The normalized spacial score (nSPS) is 26.5. The van der Waals surface area contributed by atoms with E-state index >= 15 is 0 Å². The third kappa shape index (κ3) is 2.65. The Bertz CT molecular complexity index is 731. The van der Waals surface area contributed by atoms with Gasteiger partial charge in [-0.25, -0.2) is 0 Å². The molecule has 1 aliphatic heterocycles. The fraction of sp³-hybridized carbons (Fsp3) is 0.526. The van der Waals surface area contributed by atoms with E-state index in [-0.39, 0.29) is 0 Å². The topological polar surface area (TPSA) is 21.1 Å². The summed E-state index contributed by atoms with van der Waals surface area (Å²) in [5.74, 6) is 2.60. The Morgan fingerprint density at radius 3 is 2.35 bits per heavy atom. The molecule has 2 aliphatic rings. The highest BCUT2D eigenvalue weighted by molar-refractivity contribution is 6.31. The van der Waals surface area contributed by atoms with Crippen LogP contribution in [0.25, 0.3) is 11.1 Å². The van der Waals surface area contributed by atoms with Crippen LogP contribution in [-0.2, 0) is 7.05 Å². The zero-order valence-electron chi connectivity index (χ0n) is 14.3. The number of fused-ring (bicyclic) bond motifs is 1. The van der Waals surface area contributed by atoms with Crippen LogP contribution in [0.2, 0.25) is 5.02 Å². The summed E-state index contributed by atoms with van der Waals surface area (Å²) in [6, 6.07) is 6.37. The molecule has 4 rings (SSSR count). The zero-order valence-corrected chi connectivity index (χ0v) is 15.0. The van der Waals surface area contributed by atoms with Crippen LogP contribution in [0.1, 0.15) is 20.8 Å². The van der Waals surface area contributed by atoms with Crippen molar-refractivity contribution in [3.63, 3.8) is 0 Å². The molecule has 1 aromatic heterocycles. The molecule has 2 aromatic rings. The molecule has 2 unspecified atom stereocenters. The lowest BCUT2D eigenvalue weighted by molar-refractivity contribution is 0.309. The lowest BCUT2D eigenvalue weighted by Gasteiger charge is -2.27. The fourth-order valence-electron chi connectivity index (χ4n) is 4.52. The Kier molecular flexibility index (Phi) is 3.28. The number of halogens is 1. The van der Waals surface area contributed by atoms with Crippen molar-refractivity contribution in [2.24, 2.45) is 30.2 Å². The number of rotatable bonds is 2. The second kappa shape index (κ2) is 5.01. The summed E-state index contributed by atoms with van der Waals surface area (Å²) in [5, 5.41) is 5.07. The molecule has 4 heteroatoms. The Hall–Kier alpha value is -1.48. The van der Waals surface area contributed by atoms with E-state index in [0.29, 0.717) is 5.41 Å². The lowest BCUT2D eigenvalue weighted by Crippen LogP contribution is -2.27. The van der Waals surface area contributed by atoms with Gasteiger partial charge in [-0.2, -0.15) is 5.10 Å². The summed E-state index contributed by atoms with van der Waals surface area (Å²) in [6.45, 7) is 9.46. The average Bonchev–Trinajstić information content (AvgIpc) is 2.83. The molecule has 2 heterocycles. The SMILES string of the molecule is Cn1cc(-c2cc(Cl)cc(N3CC4C(C3)C4C(C)(C)C)c2)cn1. The van der Waals surface area contributed by atoms with E-state index < -0.39 is 0 Å². The molecule has 1 aliphatic carbocycles. The number of hydrogen-bond acceptors (Lipinski definition) is 2. The molecule has 3 nitrogen and oxygen atoms in total. The van der Waals surface area contributed by atoms with E-state index in [1.165, 1.54) is 18.8 Å². The lowest BCUT2D eigenvalue weighted by atomic mass is 9.87. The van der Waals surface area contributed by atoms with Crippen LogP contribution in [0.15, 0.2) is 30.6 Å². The number of nitrogens with zero attached hydrogens (tertiary/aromatic N) is 3. The Balaban J connectivity index is 1.56. The predicted octanol–water partition coefficient (Wildman–Crippen LogP) is 4.47. The quantitative estimate of drug-likeness (QED) is 0.810. The summed E-state index contributed by atoms with van der Waals surface area (Å²) in [6.07, 6.45) is 3.93. The maximum absolute atomic E-state index is 6.38. The smallest absolute Gasteiger partial charge is 0.0568 e. The van der Waals surface area contributed by atoms with E-state index in [4.69, 9.17) is 11.6 Å². The zero-order chi connectivity index (χ0) is 16.4. The highest BCUT2D eigenvalue weighted by atomic mass is 35.5. The minimum Gasteiger partial charge on any atom is -0.371 e. The van der Waals surface area contributed by atoms with Crippen molar-refractivity contribution in [1.29, 1.82) is 0 Å². The average molecular weight is 330 g/mol. The number of benzene rings is 1. The third-order valence-corrected chi connectivity index (χ3v) is 5.70. The first-order valence-electron chi connectivity index (χ1n) is 8.37. The molecule has 23 heavy (non-hydrogen) atoms. The molecule has 0 amide bonds. The largest absolute Gasteiger partial charge is 0.371 e. The van der Waals surface area contributed by atoms with Crippen LogP contribution < -0.4 is 4.90 Å². The number of anilines is 1. The highest BCUT2D eigenvalue weighted by Crippen LogP contribution is 2.60. The summed E-state index contributed by atoms with van der Waals surface area (Å²) < 4.78 is 1.83. The van der Waals surface area contributed by atoms with Gasteiger partial charge in [0.25, 0.3) is 0 Å². The van der Waals surface area contributed by atoms with Gasteiger partial charge in [0.15, 0.2) is 0 Å². The van der Waals surface area contributed by atoms with Crippen molar-refractivity contribution in [1.82, 2.24) is 9.78 Å². The van der Waals surface area contributed by atoms with Gasteiger partial charge >= 0.3 is 0 Å². The predicted molar refractivity (Wildman–Crippen MR) is 95.8 cm³/mol. The third-order valence-electron chi connectivity index (χ3n) is 5.48. The van der Waals surface area contributed by atoms with Gasteiger partial charge in [-0.15, -0.1) is 0 Å². The van der Waals surface area contributed by atoms with Crippen LogP contribution in [0.5, 0.6) is 0 Å². The van der Waals surface area contributed by atoms with Crippen LogP contribution >= 0.6 is 11.6 Å². The number of hydrogen-bond donors (Lipinski definition) is 0. The van der Waals surface area contributed by atoms with Gasteiger partial charge in [-0.05, 0) is 46.9 Å². The van der Waals surface area contributed by atoms with Crippen molar-refractivity contribution >= 4 is 17.3 Å². The molecule has 0 spiro atoms. The first-order valence-corrected chi connectivity index (χ1v) is 8.75. The molecule has 2 fully saturated rings. The molecule has 0 radical (unpaired) electrons. The monoisotopic (exact) mass is 329 g/mol.